The van der Waals surface area contributed by atoms with Gasteiger partial charge in [-0.2, -0.15) is 5.10 Å². The Hall–Kier alpha value is -2.45. The van der Waals surface area contributed by atoms with E-state index in [0.717, 1.165) is 12.0 Å². The number of fused-ring (bicyclic) bond motifs is 5. The van der Waals surface area contributed by atoms with Crippen LogP contribution in [0.1, 0.15) is 63.6 Å². The van der Waals surface area contributed by atoms with E-state index in [1.165, 1.54) is 18.2 Å². The number of carbonyl (C=O) groups excluding carboxylic acids is 1. The van der Waals surface area contributed by atoms with E-state index < -0.39 is 23.3 Å². The summed E-state index contributed by atoms with van der Waals surface area (Å²) < 4.78 is 35.2. The van der Waals surface area contributed by atoms with Gasteiger partial charge < -0.3 is 15.2 Å². The molecule has 2 N–H and O–H groups in total. The Labute approximate surface area is 186 Å². The van der Waals surface area contributed by atoms with Crippen LogP contribution in [0.2, 0.25) is 0 Å². The highest BCUT2D eigenvalue weighted by Gasteiger charge is 2.65. The summed E-state index contributed by atoms with van der Waals surface area (Å²) >= 11 is 0. The van der Waals surface area contributed by atoms with Crippen molar-refractivity contribution >= 4 is 5.91 Å². The molecule has 172 valence electrons. The maximum absolute atomic E-state index is 14.3. The fourth-order valence-corrected chi connectivity index (χ4v) is 5.37. The van der Waals surface area contributed by atoms with Gasteiger partial charge in [0.15, 0.2) is 0 Å². The van der Waals surface area contributed by atoms with Crippen LogP contribution in [-0.2, 0) is 15.1 Å². The van der Waals surface area contributed by atoms with Gasteiger partial charge in [0.25, 0.3) is 0 Å². The van der Waals surface area contributed by atoms with E-state index in [-0.39, 0.29) is 35.1 Å². The summed E-state index contributed by atoms with van der Waals surface area (Å²) in [4.78, 5) is 12.7. The number of ether oxygens (including phenoxy) is 1. The second-order valence-electron chi connectivity index (χ2n) is 9.15. The molecule has 2 aliphatic carbocycles. The minimum absolute atomic E-state index is 0.00444. The molecule has 2 bridgehead atoms. The van der Waals surface area contributed by atoms with E-state index in [1.807, 2.05) is 6.92 Å². The Morgan fingerprint density at radius 3 is 2.69 bits per heavy atom. The number of aliphatic hydroxyl groups excluding tert-OH is 1. The van der Waals surface area contributed by atoms with Gasteiger partial charge in [-0.1, -0.05) is 26.8 Å². The number of hydrogen-bond donors (Lipinski definition) is 2. The number of carbonyl (C=O) groups is 1. The van der Waals surface area contributed by atoms with E-state index in [2.05, 4.69) is 29.4 Å². The van der Waals surface area contributed by atoms with E-state index in [1.54, 1.807) is 6.07 Å². The maximum Gasteiger partial charge on any atom is 0.249 e. The Morgan fingerprint density at radius 1 is 1.31 bits per heavy atom. The average molecular weight is 446 g/mol. The third-order valence-electron chi connectivity index (χ3n) is 7.14. The number of amides is 1. The lowest BCUT2D eigenvalue weighted by atomic mass is 9.77. The number of hydrogen-bond acceptors (Lipinski definition) is 5. The van der Waals surface area contributed by atoms with E-state index in [4.69, 9.17) is 9.84 Å². The predicted molar refractivity (Wildman–Crippen MR) is 115 cm³/mol. The molecular weight excluding hydrogens is 416 g/mol. The highest BCUT2D eigenvalue weighted by atomic mass is 19.1. The van der Waals surface area contributed by atoms with Crippen molar-refractivity contribution in [2.45, 2.75) is 64.1 Å². The molecule has 0 unspecified atom stereocenters. The summed E-state index contributed by atoms with van der Waals surface area (Å²) in [6.07, 6.45) is 1.80. The molecule has 0 radical (unpaired) electrons. The Kier molecular flexibility index (Phi) is 6.02. The standard InChI is InChI=1S/C24H29F2N3O3/c1-4-19(22(31)27-11-6-12-30)32-24-10-9-15(23(24,2)3)14-13-18(28-29-21(14)24)20-16(25)7-5-8-17(20)26/h5,7-8,13,15,19,30H,4,6,9-12H2,1-3H3,(H,27,31)/t15-,19+,24-/m0/s1. The van der Waals surface area contributed by atoms with Gasteiger partial charge in [0, 0.05) is 18.6 Å². The van der Waals surface area contributed by atoms with Crippen LogP contribution in [-0.4, -0.2) is 40.5 Å². The molecule has 6 nitrogen and oxygen atoms in total. The Bertz CT molecular complexity index is 1010. The van der Waals surface area contributed by atoms with Crippen molar-refractivity contribution in [3.8, 4) is 11.3 Å². The van der Waals surface area contributed by atoms with Crippen molar-refractivity contribution in [3.05, 3.63) is 47.2 Å². The van der Waals surface area contributed by atoms with E-state index in [9.17, 15) is 13.6 Å². The molecular formula is C24H29F2N3O3. The van der Waals surface area contributed by atoms with Gasteiger partial charge in [0.05, 0.1) is 17.0 Å². The second-order valence-corrected chi connectivity index (χ2v) is 9.15. The lowest BCUT2D eigenvalue weighted by Crippen LogP contribution is -2.46. The summed E-state index contributed by atoms with van der Waals surface area (Å²) in [5, 5.41) is 20.4. The van der Waals surface area contributed by atoms with Crippen molar-refractivity contribution < 1.29 is 23.4 Å². The molecule has 1 amide bonds. The second kappa shape index (κ2) is 8.48. The first-order valence-corrected chi connectivity index (χ1v) is 11.2. The monoisotopic (exact) mass is 445 g/mol. The van der Waals surface area contributed by atoms with Crippen molar-refractivity contribution in [1.82, 2.24) is 15.5 Å². The molecule has 1 aromatic heterocycles. The molecule has 2 aliphatic rings. The predicted octanol–water partition coefficient (Wildman–Crippen LogP) is 3.83. The van der Waals surface area contributed by atoms with Crippen LogP contribution in [0.3, 0.4) is 0 Å². The lowest BCUT2D eigenvalue weighted by molar-refractivity contribution is -0.168. The molecule has 2 aromatic rings. The largest absolute Gasteiger partial charge is 0.396 e. The first-order valence-electron chi connectivity index (χ1n) is 11.2. The van der Waals surface area contributed by atoms with Crippen LogP contribution in [0.15, 0.2) is 24.3 Å². The number of rotatable bonds is 8. The van der Waals surface area contributed by atoms with Gasteiger partial charge in [0.2, 0.25) is 5.91 Å². The van der Waals surface area contributed by atoms with Crippen molar-refractivity contribution in [3.63, 3.8) is 0 Å². The zero-order valence-electron chi connectivity index (χ0n) is 18.6. The fraction of sp³-hybridized carbons (Fsp3) is 0.542. The molecule has 1 saturated carbocycles. The first-order chi connectivity index (χ1) is 15.3. The summed E-state index contributed by atoms with van der Waals surface area (Å²) in [5.41, 5.74) is 0.334. The van der Waals surface area contributed by atoms with E-state index >= 15 is 0 Å². The van der Waals surface area contributed by atoms with Gasteiger partial charge >= 0.3 is 0 Å². The number of nitrogens with zero attached hydrogens (tertiary/aromatic N) is 2. The van der Waals surface area contributed by atoms with Gasteiger partial charge in [-0.05, 0) is 55.4 Å². The summed E-state index contributed by atoms with van der Waals surface area (Å²) in [7, 11) is 0. The quantitative estimate of drug-likeness (QED) is 0.604. The molecule has 1 aromatic carbocycles. The number of benzene rings is 1. The van der Waals surface area contributed by atoms with Crippen LogP contribution >= 0.6 is 0 Å². The number of aliphatic hydroxyl groups is 1. The van der Waals surface area contributed by atoms with Crippen LogP contribution in [0.4, 0.5) is 8.78 Å². The number of nitrogens with one attached hydrogen (secondary N) is 1. The number of halogens is 2. The molecule has 1 fully saturated rings. The smallest absolute Gasteiger partial charge is 0.249 e. The third-order valence-corrected chi connectivity index (χ3v) is 7.14. The molecule has 3 atom stereocenters. The molecule has 4 rings (SSSR count). The van der Waals surface area contributed by atoms with Crippen LogP contribution in [0, 0.1) is 17.0 Å². The van der Waals surface area contributed by atoms with Crippen molar-refractivity contribution in [2.24, 2.45) is 5.41 Å². The van der Waals surface area contributed by atoms with Gasteiger partial charge in [0.1, 0.15) is 23.3 Å². The molecule has 0 aliphatic heterocycles. The summed E-state index contributed by atoms with van der Waals surface area (Å²) in [5.74, 6) is -1.51. The Morgan fingerprint density at radius 2 is 2.03 bits per heavy atom. The zero-order valence-corrected chi connectivity index (χ0v) is 18.6. The van der Waals surface area contributed by atoms with Crippen molar-refractivity contribution in [2.75, 3.05) is 13.2 Å². The SMILES string of the molecule is CC[C@@H](O[C@@]12CC[C@@H](c3cc(-c4c(F)cccc4F)nnc31)C2(C)C)C(=O)NCCCO. The zero-order chi connectivity index (χ0) is 23.1. The van der Waals surface area contributed by atoms with Gasteiger partial charge in [-0.25, -0.2) is 8.78 Å². The summed E-state index contributed by atoms with van der Waals surface area (Å²) in [6.45, 7) is 6.45. The molecule has 1 heterocycles. The molecule has 32 heavy (non-hydrogen) atoms. The Balaban J connectivity index is 1.70. The van der Waals surface area contributed by atoms with E-state index in [0.29, 0.717) is 31.5 Å². The average Bonchev–Trinajstić information content (AvgIpc) is 3.12. The molecule has 0 saturated heterocycles. The third kappa shape index (κ3) is 3.40. The first kappa shape index (κ1) is 22.7. The van der Waals surface area contributed by atoms with Crippen LogP contribution in [0.25, 0.3) is 11.3 Å². The minimum Gasteiger partial charge on any atom is -0.396 e. The highest BCUT2D eigenvalue weighted by molar-refractivity contribution is 5.80. The van der Waals surface area contributed by atoms with Crippen molar-refractivity contribution in [1.29, 1.82) is 0 Å². The maximum atomic E-state index is 14.3. The number of aromatic nitrogens is 2. The molecule has 8 heteroatoms. The van der Waals surface area contributed by atoms with Gasteiger partial charge in [-0.15, -0.1) is 5.10 Å². The highest BCUT2D eigenvalue weighted by Crippen LogP contribution is 2.68. The minimum atomic E-state index is -0.804. The molecule has 0 spiro atoms. The lowest BCUT2D eigenvalue weighted by Gasteiger charge is -2.40. The van der Waals surface area contributed by atoms with Crippen LogP contribution < -0.4 is 5.32 Å². The summed E-state index contributed by atoms with van der Waals surface area (Å²) in [6, 6.07) is 5.45. The normalized spacial score (nSPS) is 23.8. The topological polar surface area (TPSA) is 84.3 Å². The fourth-order valence-electron chi connectivity index (χ4n) is 5.37. The van der Waals surface area contributed by atoms with Crippen LogP contribution in [0.5, 0.6) is 0 Å². The van der Waals surface area contributed by atoms with Gasteiger partial charge in [-0.3, -0.25) is 4.79 Å².